The molecule has 2 aliphatic rings. The maximum Gasteiger partial charge on any atom is 0.0543 e. The van der Waals surface area contributed by atoms with Crippen LogP contribution in [0.15, 0.2) is 29.2 Å². The molecule has 80 valence electrons. The fourth-order valence-corrected chi connectivity index (χ4v) is 3.26. The first kappa shape index (κ1) is 9.73. The molecule has 1 aliphatic carbocycles. The molecular weight excluding hydrogens is 204 g/mol. The SMILES string of the molecule is c1ccc2c(c1)SCC2COCC1CC1. The maximum absolute atomic E-state index is 5.79. The molecule has 1 heterocycles. The third-order valence-corrected chi connectivity index (χ3v) is 4.42. The first-order chi connectivity index (χ1) is 7.43. The number of fused-ring (bicyclic) bond motifs is 1. The van der Waals surface area contributed by atoms with Crippen molar-refractivity contribution in [2.45, 2.75) is 23.7 Å². The summed E-state index contributed by atoms with van der Waals surface area (Å²) in [6.45, 7) is 1.91. The van der Waals surface area contributed by atoms with Crippen molar-refractivity contribution >= 4 is 11.8 Å². The Labute approximate surface area is 95.2 Å². The second-order valence-corrected chi connectivity index (χ2v) is 5.59. The van der Waals surface area contributed by atoms with E-state index in [0.717, 1.165) is 19.1 Å². The second-order valence-electron chi connectivity index (χ2n) is 4.53. The lowest BCUT2D eigenvalue weighted by Gasteiger charge is -2.10. The van der Waals surface area contributed by atoms with Crippen LogP contribution in [0.25, 0.3) is 0 Å². The minimum Gasteiger partial charge on any atom is -0.380 e. The van der Waals surface area contributed by atoms with Gasteiger partial charge in [0.05, 0.1) is 6.61 Å². The van der Waals surface area contributed by atoms with Gasteiger partial charge in [0.2, 0.25) is 0 Å². The monoisotopic (exact) mass is 220 g/mol. The number of hydrogen-bond acceptors (Lipinski definition) is 2. The number of benzene rings is 1. The molecule has 1 nitrogen and oxygen atoms in total. The van der Waals surface area contributed by atoms with Crippen molar-refractivity contribution in [2.75, 3.05) is 19.0 Å². The van der Waals surface area contributed by atoms with Crippen LogP contribution in [0.4, 0.5) is 0 Å². The molecule has 1 aromatic rings. The van der Waals surface area contributed by atoms with Crippen molar-refractivity contribution in [3.05, 3.63) is 29.8 Å². The molecule has 0 spiro atoms. The van der Waals surface area contributed by atoms with E-state index < -0.39 is 0 Å². The number of thioether (sulfide) groups is 1. The van der Waals surface area contributed by atoms with Gasteiger partial charge in [-0.3, -0.25) is 0 Å². The van der Waals surface area contributed by atoms with Crippen molar-refractivity contribution < 1.29 is 4.74 Å². The van der Waals surface area contributed by atoms with Crippen LogP contribution >= 0.6 is 11.8 Å². The van der Waals surface area contributed by atoms with Crippen LogP contribution in [0.1, 0.15) is 24.3 Å². The predicted octanol–water partition coefficient (Wildman–Crippen LogP) is 3.30. The molecule has 0 N–H and O–H groups in total. The Morgan fingerprint density at radius 3 is 2.93 bits per heavy atom. The summed E-state index contributed by atoms with van der Waals surface area (Å²) in [5, 5.41) is 0. The van der Waals surface area contributed by atoms with E-state index in [4.69, 9.17) is 4.74 Å². The number of ether oxygens (including phenoxy) is 1. The summed E-state index contributed by atoms with van der Waals surface area (Å²) in [6, 6.07) is 8.74. The van der Waals surface area contributed by atoms with E-state index in [1.165, 1.54) is 29.1 Å². The molecular formula is C13H16OS. The standard InChI is InChI=1S/C13H16OS/c1-2-4-13-12(3-1)11(9-15-13)8-14-7-10-5-6-10/h1-4,10-11H,5-9H2. The van der Waals surface area contributed by atoms with Crippen LogP contribution in [0.5, 0.6) is 0 Å². The zero-order valence-electron chi connectivity index (χ0n) is 8.82. The summed E-state index contributed by atoms with van der Waals surface area (Å²) >= 11 is 1.97. The van der Waals surface area contributed by atoms with Crippen molar-refractivity contribution in [1.82, 2.24) is 0 Å². The van der Waals surface area contributed by atoms with Gasteiger partial charge in [0.1, 0.15) is 0 Å². The lowest BCUT2D eigenvalue weighted by atomic mass is 10.0. The summed E-state index contributed by atoms with van der Waals surface area (Å²) in [5.41, 5.74) is 1.50. The molecule has 1 aromatic carbocycles. The quantitative estimate of drug-likeness (QED) is 0.770. The third kappa shape index (κ3) is 2.21. The highest BCUT2D eigenvalue weighted by Gasteiger charge is 2.25. The molecule has 1 saturated carbocycles. The van der Waals surface area contributed by atoms with Crippen molar-refractivity contribution in [2.24, 2.45) is 5.92 Å². The van der Waals surface area contributed by atoms with Gasteiger partial charge < -0.3 is 4.74 Å². The van der Waals surface area contributed by atoms with Gasteiger partial charge in [-0.2, -0.15) is 0 Å². The molecule has 0 bridgehead atoms. The molecule has 1 fully saturated rings. The van der Waals surface area contributed by atoms with E-state index in [9.17, 15) is 0 Å². The Bertz CT molecular complexity index is 346. The molecule has 1 aliphatic heterocycles. The third-order valence-electron chi connectivity index (χ3n) is 3.17. The first-order valence-corrected chi connectivity index (χ1v) is 6.71. The highest BCUT2D eigenvalue weighted by molar-refractivity contribution is 7.99. The molecule has 0 radical (unpaired) electrons. The first-order valence-electron chi connectivity index (χ1n) is 5.73. The molecule has 3 rings (SSSR count). The minimum atomic E-state index is 0.630. The fourth-order valence-electron chi connectivity index (χ4n) is 2.03. The van der Waals surface area contributed by atoms with E-state index in [0.29, 0.717) is 5.92 Å². The summed E-state index contributed by atoms with van der Waals surface area (Å²) in [4.78, 5) is 1.46. The summed E-state index contributed by atoms with van der Waals surface area (Å²) < 4.78 is 5.79. The smallest absolute Gasteiger partial charge is 0.0543 e. The maximum atomic E-state index is 5.79. The Balaban J connectivity index is 1.58. The molecule has 0 aromatic heterocycles. The van der Waals surface area contributed by atoms with Gasteiger partial charge in [-0.25, -0.2) is 0 Å². The van der Waals surface area contributed by atoms with Crippen molar-refractivity contribution in [3.8, 4) is 0 Å². The zero-order valence-corrected chi connectivity index (χ0v) is 9.63. The Morgan fingerprint density at radius 1 is 1.20 bits per heavy atom. The average Bonchev–Trinajstić information content (AvgIpc) is 3.00. The Morgan fingerprint density at radius 2 is 2.07 bits per heavy atom. The molecule has 2 heteroatoms. The van der Waals surface area contributed by atoms with Crippen molar-refractivity contribution in [1.29, 1.82) is 0 Å². The molecule has 1 atom stereocenters. The normalized spacial score (nSPS) is 24.1. The van der Waals surface area contributed by atoms with E-state index in [-0.39, 0.29) is 0 Å². The number of rotatable bonds is 4. The van der Waals surface area contributed by atoms with Crippen LogP contribution in [0.3, 0.4) is 0 Å². The van der Waals surface area contributed by atoms with E-state index >= 15 is 0 Å². The Kier molecular flexibility index (Phi) is 2.72. The minimum absolute atomic E-state index is 0.630. The summed E-state index contributed by atoms with van der Waals surface area (Å²) in [5.74, 6) is 2.71. The van der Waals surface area contributed by atoms with Crippen LogP contribution < -0.4 is 0 Å². The molecule has 0 saturated heterocycles. The van der Waals surface area contributed by atoms with Gasteiger partial charge in [0, 0.05) is 23.2 Å². The lowest BCUT2D eigenvalue weighted by molar-refractivity contribution is 0.115. The van der Waals surface area contributed by atoms with Crippen LogP contribution in [-0.2, 0) is 4.74 Å². The van der Waals surface area contributed by atoms with E-state index in [1.54, 1.807) is 0 Å². The molecule has 1 unspecified atom stereocenters. The zero-order chi connectivity index (χ0) is 10.1. The second kappa shape index (κ2) is 4.18. The van der Waals surface area contributed by atoms with Gasteiger partial charge in [0.25, 0.3) is 0 Å². The Hall–Kier alpha value is -0.470. The highest BCUT2D eigenvalue weighted by Crippen LogP contribution is 2.39. The van der Waals surface area contributed by atoms with Gasteiger partial charge in [-0.15, -0.1) is 11.8 Å². The number of hydrogen-bond donors (Lipinski definition) is 0. The van der Waals surface area contributed by atoms with E-state index in [2.05, 4.69) is 24.3 Å². The van der Waals surface area contributed by atoms with Crippen LogP contribution in [0, 0.1) is 5.92 Å². The van der Waals surface area contributed by atoms with Gasteiger partial charge >= 0.3 is 0 Å². The van der Waals surface area contributed by atoms with Crippen molar-refractivity contribution in [3.63, 3.8) is 0 Å². The summed E-state index contributed by atoms with van der Waals surface area (Å²) in [7, 11) is 0. The van der Waals surface area contributed by atoms with E-state index in [1.807, 2.05) is 11.8 Å². The fraction of sp³-hybridized carbons (Fsp3) is 0.538. The van der Waals surface area contributed by atoms with Crippen LogP contribution in [0.2, 0.25) is 0 Å². The van der Waals surface area contributed by atoms with Gasteiger partial charge in [0.15, 0.2) is 0 Å². The molecule has 15 heavy (non-hydrogen) atoms. The highest BCUT2D eigenvalue weighted by atomic mass is 32.2. The summed E-state index contributed by atoms with van der Waals surface area (Å²) in [6.07, 6.45) is 2.77. The molecule has 0 amide bonds. The van der Waals surface area contributed by atoms with Gasteiger partial charge in [-0.1, -0.05) is 18.2 Å². The topological polar surface area (TPSA) is 9.23 Å². The average molecular weight is 220 g/mol. The lowest BCUT2D eigenvalue weighted by Crippen LogP contribution is -2.08. The predicted molar refractivity (Wildman–Crippen MR) is 63.5 cm³/mol. The largest absolute Gasteiger partial charge is 0.380 e. The van der Waals surface area contributed by atoms with Crippen LogP contribution in [-0.4, -0.2) is 19.0 Å². The van der Waals surface area contributed by atoms with Gasteiger partial charge in [-0.05, 0) is 30.4 Å².